The molecule has 0 atom stereocenters. The molecule has 0 unspecified atom stereocenters. The van der Waals surface area contributed by atoms with E-state index < -0.39 is 0 Å². The minimum atomic E-state index is -0.292. The van der Waals surface area contributed by atoms with Crippen LogP contribution in [0.4, 0.5) is 5.69 Å². The topological polar surface area (TPSA) is 42.0 Å². The Morgan fingerprint density at radius 1 is 1.22 bits per heavy atom. The van der Waals surface area contributed by atoms with Crippen molar-refractivity contribution in [3.63, 3.8) is 0 Å². The lowest BCUT2D eigenvalue weighted by atomic mass is 10.2. The summed E-state index contributed by atoms with van der Waals surface area (Å²) < 4.78 is 0.736. The number of amides is 1. The minimum Gasteiger partial charge on any atom is -0.319 e. The number of halogens is 3. The van der Waals surface area contributed by atoms with Gasteiger partial charge < -0.3 is 5.32 Å². The maximum Gasteiger partial charge on any atom is 0.255 e. The van der Waals surface area contributed by atoms with Crippen LogP contribution in [0.1, 0.15) is 10.4 Å². The molecule has 92 valence electrons. The van der Waals surface area contributed by atoms with Crippen LogP contribution in [0.2, 0.25) is 10.0 Å². The molecule has 0 saturated heterocycles. The molecule has 18 heavy (non-hydrogen) atoms. The number of nitrogens with zero attached hydrogens (tertiary/aromatic N) is 1. The van der Waals surface area contributed by atoms with E-state index in [1.165, 1.54) is 6.20 Å². The molecule has 0 fully saturated rings. The van der Waals surface area contributed by atoms with Gasteiger partial charge in [-0.25, -0.2) is 0 Å². The molecule has 0 bridgehead atoms. The van der Waals surface area contributed by atoms with Gasteiger partial charge in [-0.15, -0.1) is 0 Å². The molecule has 0 radical (unpaired) electrons. The zero-order valence-corrected chi connectivity index (χ0v) is 12.1. The lowest BCUT2D eigenvalue weighted by Crippen LogP contribution is -2.12. The van der Waals surface area contributed by atoms with Gasteiger partial charge in [-0.1, -0.05) is 23.2 Å². The number of carbonyl (C=O) groups excluding carboxylic acids is 1. The molecule has 0 spiro atoms. The fourth-order valence-electron chi connectivity index (χ4n) is 1.30. The first-order valence-electron chi connectivity index (χ1n) is 4.94. The summed E-state index contributed by atoms with van der Waals surface area (Å²) in [4.78, 5) is 15.8. The molecule has 1 N–H and O–H groups in total. The predicted molar refractivity (Wildman–Crippen MR) is 76.4 cm³/mol. The van der Waals surface area contributed by atoms with E-state index in [4.69, 9.17) is 23.2 Å². The average molecular weight is 346 g/mol. The maximum atomic E-state index is 12.0. The first-order valence-corrected chi connectivity index (χ1v) is 6.49. The number of anilines is 1. The molecule has 2 aromatic rings. The highest BCUT2D eigenvalue weighted by Gasteiger charge is 2.10. The van der Waals surface area contributed by atoms with Crippen molar-refractivity contribution in [3.05, 3.63) is 56.7 Å². The van der Waals surface area contributed by atoms with E-state index in [0.717, 1.165) is 4.47 Å². The van der Waals surface area contributed by atoms with E-state index in [9.17, 15) is 4.79 Å². The number of pyridine rings is 1. The molecule has 0 aliphatic carbocycles. The van der Waals surface area contributed by atoms with Crippen LogP contribution in [0.25, 0.3) is 0 Å². The van der Waals surface area contributed by atoms with Gasteiger partial charge in [0.15, 0.2) is 0 Å². The van der Waals surface area contributed by atoms with Crippen LogP contribution in [-0.2, 0) is 0 Å². The largest absolute Gasteiger partial charge is 0.319 e. The Labute approximate surface area is 122 Å². The van der Waals surface area contributed by atoms with Gasteiger partial charge >= 0.3 is 0 Å². The van der Waals surface area contributed by atoms with Gasteiger partial charge in [-0.05, 0) is 40.2 Å². The summed E-state index contributed by atoms with van der Waals surface area (Å²) in [5.41, 5.74) is 0.909. The Morgan fingerprint density at radius 2 is 2.00 bits per heavy atom. The molecule has 0 aliphatic heterocycles. The zero-order chi connectivity index (χ0) is 13.1. The molecular formula is C12H7BrCl2N2O. The lowest BCUT2D eigenvalue weighted by Gasteiger charge is -2.07. The third-order valence-electron chi connectivity index (χ3n) is 2.20. The highest BCUT2D eigenvalue weighted by molar-refractivity contribution is 9.10. The maximum absolute atomic E-state index is 12.0. The third-order valence-corrected chi connectivity index (χ3v) is 3.76. The SMILES string of the molecule is O=C(Nc1cnccc1Cl)c1ccc(Br)c(Cl)c1. The van der Waals surface area contributed by atoms with Gasteiger partial charge in [0, 0.05) is 16.2 Å². The summed E-state index contributed by atoms with van der Waals surface area (Å²) >= 11 is 15.1. The highest BCUT2D eigenvalue weighted by atomic mass is 79.9. The van der Waals surface area contributed by atoms with Gasteiger partial charge in [0.05, 0.1) is 21.9 Å². The predicted octanol–water partition coefficient (Wildman–Crippen LogP) is 4.40. The number of hydrogen-bond donors (Lipinski definition) is 1. The summed E-state index contributed by atoms with van der Waals surface area (Å²) in [6, 6.07) is 6.55. The van der Waals surface area contributed by atoms with Crippen LogP contribution in [0, 0.1) is 0 Å². The van der Waals surface area contributed by atoms with Crippen LogP contribution in [0.5, 0.6) is 0 Å². The summed E-state index contributed by atoms with van der Waals surface area (Å²) in [7, 11) is 0. The second-order valence-electron chi connectivity index (χ2n) is 3.44. The van der Waals surface area contributed by atoms with Gasteiger partial charge in [0.1, 0.15) is 0 Å². The van der Waals surface area contributed by atoms with Crippen molar-refractivity contribution in [2.45, 2.75) is 0 Å². The van der Waals surface area contributed by atoms with Crippen molar-refractivity contribution < 1.29 is 4.79 Å². The zero-order valence-electron chi connectivity index (χ0n) is 8.95. The van der Waals surface area contributed by atoms with E-state index >= 15 is 0 Å². The summed E-state index contributed by atoms with van der Waals surface area (Å²) in [5.74, 6) is -0.292. The Bertz CT molecular complexity index is 604. The quantitative estimate of drug-likeness (QED) is 0.876. The van der Waals surface area contributed by atoms with Crippen molar-refractivity contribution in [1.82, 2.24) is 4.98 Å². The van der Waals surface area contributed by atoms with Gasteiger partial charge in [0.25, 0.3) is 5.91 Å². The number of carbonyl (C=O) groups is 1. The fraction of sp³-hybridized carbons (Fsp3) is 0. The third kappa shape index (κ3) is 3.02. The number of aromatic nitrogens is 1. The smallest absolute Gasteiger partial charge is 0.255 e. The molecule has 0 aliphatic rings. The fourth-order valence-corrected chi connectivity index (χ4v) is 1.88. The first-order chi connectivity index (χ1) is 8.58. The molecule has 1 aromatic heterocycles. The molecule has 1 aromatic carbocycles. The van der Waals surface area contributed by atoms with Gasteiger partial charge in [0.2, 0.25) is 0 Å². The first kappa shape index (κ1) is 13.3. The van der Waals surface area contributed by atoms with Crippen LogP contribution < -0.4 is 5.32 Å². The summed E-state index contributed by atoms with van der Waals surface area (Å²) in [6.45, 7) is 0. The monoisotopic (exact) mass is 344 g/mol. The van der Waals surface area contributed by atoms with Crippen molar-refractivity contribution in [1.29, 1.82) is 0 Å². The second-order valence-corrected chi connectivity index (χ2v) is 5.11. The van der Waals surface area contributed by atoms with Gasteiger partial charge in [-0.3, -0.25) is 9.78 Å². The Morgan fingerprint density at radius 3 is 2.67 bits per heavy atom. The molecule has 3 nitrogen and oxygen atoms in total. The van der Waals surface area contributed by atoms with E-state index in [1.54, 1.807) is 30.5 Å². The molecule has 1 amide bonds. The standard InChI is InChI=1S/C12H7BrCl2N2O/c13-8-2-1-7(5-10(8)15)12(18)17-11-6-16-4-3-9(11)14/h1-6H,(H,17,18). The highest BCUT2D eigenvalue weighted by Crippen LogP contribution is 2.24. The Kier molecular flexibility index (Phi) is 4.22. The van der Waals surface area contributed by atoms with E-state index in [-0.39, 0.29) is 5.91 Å². The van der Waals surface area contributed by atoms with Crippen molar-refractivity contribution >= 4 is 50.7 Å². The number of hydrogen-bond acceptors (Lipinski definition) is 2. The molecule has 1 heterocycles. The average Bonchev–Trinajstić information content (AvgIpc) is 2.35. The van der Waals surface area contributed by atoms with Crippen molar-refractivity contribution in [3.8, 4) is 0 Å². The second kappa shape index (κ2) is 5.69. The summed E-state index contributed by atoms with van der Waals surface area (Å²) in [6.07, 6.45) is 3.04. The van der Waals surface area contributed by atoms with Crippen LogP contribution in [0.15, 0.2) is 41.1 Å². The van der Waals surface area contributed by atoms with Gasteiger partial charge in [-0.2, -0.15) is 0 Å². The number of benzene rings is 1. The van der Waals surface area contributed by atoms with Crippen molar-refractivity contribution in [2.24, 2.45) is 0 Å². The summed E-state index contributed by atoms with van der Waals surface area (Å²) in [5, 5.41) is 3.57. The van der Waals surface area contributed by atoms with E-state index in [2.05, 4.69) is 26.2 Å². The lowest BCUT2D eigenvalue weighted by molar-refractivity contribution is 0.102. The normalized spacial score (nSPS) is 10.2. The number of rotatable bonds is 2. The van der Waals surface area contributed by atoms with E-state index in [1.807, 2.05) is 0 Å². The van der Waals surface area contributed by atoms with Crippen LogP contribution in [-0.4, -0.2) is 10.9 Å². The van der Waals surface area contributed by atoms with E-state index in [0.29, 0.717) is 21.3 Å². The molecular weight excluding hydrogens is 339 g/mol. The number of nitrogens with one attached hydrogen (secondary N) is 1. The molecule has 6 heteroatoms. The molecule has 2 rings (SSSR count). The minimum absolute atomic E-state index is 0.292. The van der Waals surface area contributed by atoms with Crippen LogP contribution in [0.3, 0.4) is 0 Å². The van der Waals surface area contributed by atoms with Crippen LogP contribution >= 0.6 is 39.1 Å². The van der Waals surface area contributed by atoms with Crippen molar-refractivity contribution in [2.75, 3.05) is 5.32 Å². The molecule has 0 saturated carbocycles. The Balaban J connectivity index is 2.22. The Hall–Kier alpha value is -1.10.